The van der Waals surface area contributed by atoms with Crippen molar-refractivity contribution >= 4 is 70.5 Å². The van der Waals surface area contributed by atoms with Crippen LogP contribution in [0.5, 0.6) is 5.75 Å². The zero-order chi connectivity index (χ0) is 27.5. The minimum Gasteiger partial charge on any atom is -0.489 e. The monoisotopic (exact) mass is 605 g/mol. The summed E-state index contributed by atoms with van der Waals surface area (Å²) in [7, 11) is 0. The molecule has 0 spiro atoms. The van der Waals surface area contributed by atoms with E-state index in [4.69, 9.17) is 61.8 Å². The number of amides is 1. The summed E-state index contributed by atoms with van der Waals surface area (Å²) >= 11 is 17.1. The van der Waals surface area contributed by atoms with Crippen molar-refractivity contribution in [1.29, 1.82) is 0 Å². The summed E-state index contributed by atoms with van der Waals surface area (Å²) in [6.45, 7) is 0.976. The first kappa shape index (κ1) is 33.6. The van der Waals surface area contributed by atoms with Gasteiger partial charge in [0.25, 0.3) is 0 Å². The van der Waals surface area contributed by atoms with E-state index in [2.05, 4.69) is 0 Å². The summed E-state index contributed by atoms with van der Waals surface area (Å²) in [5.74, 6) is -1.54. The van der Waals surface area contributed by atoms with E-state index in [1.807, 2.05) is 0 Å². The Labute approximate surface area is 242 Å². The molecule has 208 valence electrons. The van der Waals surface area contributed by atoms with Crippen LogP contribution in [0.4, 0.5) is 0 Å². The molecule has 38 heavy (non-hydrogen) atoms. The molecular formula is C25H30Cl3N3O6S. The number of carbonyl (C=O) groups excluding carboxylic acids is 1. The number of thiocarbonyl (C=S) groups is 1. The maximum absolute atomic E-state index is 11.6. The topological polar surface area (TPSA) is 156 Å². The highest BCUT2D eigenvalue weighted by atomic mass is 35.5. The van der Waals surface area contributed by atoms with Crippen molar-refractivity contribution in [2.24, 2.45) is 11.5 Å². The number of hydrogen-bond acceptors (Lipinski definition) is 7. The van der Waals surface area contributed by atoms with E-state index in [0.717, 1.165) is 11.1 Å². The first-order valence-corrected chi connectivity index (χ1v) is 12.6. The van der Waals surface area contributed by atoms with E-state index in [-0.39, 0.29) is 37.9 Å². The maximum atomic E-state index is 11.6. The van der Waals surface area contributed by atoms with Gasteiger partial charge in [-0.15, -0.1) is 12.4 Å². The number of nitrogens with zero attached hydrogens (tertiary/aromatic N) is 1. The second-order valence-electron chi connectivity index (χ2n) is 8.29. The van der Waals surface area contributed by atoms with Crippen molar-refractivity contribution in [3.63, 3.8) is 0 Å². The van der Waals surface area contributed by atoms with Crippen LogP contribution in [0, 0.1) is 0 Å². The van der Waals surface area contributed by atoms with E-state index in [0.29, 0.717) is 46.5 Å². The number of carbonyl (C=O) groups is 3. The molecule has 3 rings (SSSR count). The molecule has 1 aliphatic heterocycles. The van der Waals surface area contributed by atoms with Crippen LogP contribution in [-0.2, 0) is 27.4 Å². The number of ether oxygens (including phenoxy) is 1. The van der Waals surface area contributed by atoms with Crippen molar-refractivity contribution in [2.75, 3.05) is 13.1 Å². The van der Waals surface area contributed by atoms with Gasteiger partial charge in [0.05, 0.1) is 6.54 Å². The highest BCUT2D eigenvalue weighted by Crippen LogP contribution is 2.26. The summed E-state index contributed by atoms with van der Waals surface area (Å²) in [6.07, 6.45) is 1.43. The first-order valence-electron chi connectivity index (χ1n) is 11.4. The number of nitrogens with two attached hydrogens (primary N) is 2. The maximum Gasteiger partial charge on any atom is 0.326 e. The lowest BCUT2D eigenvalue weighted by Crippen LogP contribution is -2.40. The zero-order valence-electron chi connectivity index (χ0n) is 20.3. The first-order chi connectivity index (χ1) is 17.5. The van der Waals surface area contributed by atoms with E-state index >= 15 is 0 Å². The van der Waals surface area contributed by atoms with Crippen LogP contribution in [0.15, 0.2) is 42.5 Å². The van der Waals surface area contributed by atoms with Crippen molar-refractivity contribution < 1.29 is 29.3 Å². The normalized spacial score (nSPS) is 15.1. The molecule has 9 nitrogen and oxygen atoms in total. The fourth-order valence-electron chi connectivity index (χ4n) is 3.46. The molecule has 1 amide bonds. The van der Waals surface area contributed by atoms with Crippen molar-refractivity contribution in [1.82, 2.24) is 4.90 Å². The molecule has 1 aliphatic rings. The molecule has 2 aromatic rings. The summed E-state index contributed by atoms with van der Waals surface area (Å²) in [5.41, 5.74) is 12.3. The molecule has 0 aliphatic carbocycles. The Morgan fingerprint density at radius 1 is 1.11 bits per heavy atom. The van der Waals surface area contributed by atoms with Crippen LogP contribution >= 0.6 is 47.8 Å². The van der Waals surface area contributed by atoms with Gasteiger partial charge in [0, 0.05) is 33.3 Å². The van der Waals surface area contributed by atoms with Gasteiger partial charge in [-0.25, -0.2) is 4.79 Å². The van der Waals surface area contributed by atoms with Gasteiger partial charge in [-0.3, -0.25) is 9.59 Å². The number of halogens is 3. The zero-order valence-corrected chi connectivity index (χ0v) is 23.5. The third-order valence-corrected chi connectivity index (χ3v) is 6.49. The molecule has 0 unspecified atom stereocenters. The molecular weight excluding hydrogens is 577 g/mol. The van der Waals surface area contributed by atoms with Gasteiger partial charge in [0.1, 0.15) is 24.4 Å². The van der Waals surface area contributed by atoms with Crippen LogP contribution in [0.1, 0.15) is 30.4 Å². The predicted octanol–water partition coefficient (Wildman–Crippen LogP) is 3.73. The highest BCUT2D eigenvalue weighted by molar-refractivity contribution is 7.80. The van der Waals surface area contributed by atoms with Gasteiger partial charge in [0.2, 0.25) is 5.91 Å². The van der Waals surface area contributed by atoms with Crippen molar-refractivity contribution in [3.8, 4) is 5.75 Å². The van der Waals surface area contributed by atoms with Crippen molar-refractivity contribution in [3.05, 3.63) is 63.6 Å². The van der Waals surface area contributed by atoms with Crippen LogP contribution in [0.2, 0.25) is 10.0 Å². The number of rotatable bonds is 10. The van der Waals surface area contributed by atoms with Gasteiger partial charge >= 0.3 is 11.9 Å². The minimum atomic E-state index is -1.02. The quantitative estimate of drug-likeness (QED) is 0.296. The summed E-state index contributed by atoms with van der Waals surface area (Å²) in [4.78, 5) is 35.2. The van der Waals surface area contributed by atoms with E-state index < -0.39 is 24.0 Å². The Bertz CT molecular complexity index is 1100. The van der Waals surface area contributed by atoms with Gasteiger partial charge in [-0.05, 0) is 49.2 Å². The molecule has 2 aromatic carbocycles. The van der Waals surface area contributed by atoms with Crippen LogP contribution in [0.25, 0.3) is 0 Å². The van der Waals surface area contributed by atoms with Gasteiger partial charge < -0.3 is 31.3 Å². The summed E-state index contributed by atoms with van der Waals surface area (Å²) in [5, 5.41) is 18.8. The number of carboxylic acid groups (broad SMARTS) is 2. The SMILES string of the molecule is Cl.NCCCC(=O)N1CC(=S)C[C@H]1C(=O)O.N[C@@H](Cc1ccc(OCc2c(Cl)cccc2Cl)cc1)C(=O)O. The number of benzene rings is 2. The summed E-state index contributed by atoms with van der Waals surface area (Å²) < 4.78 is 5.64. The van der Waals surface area contributed by atoms with Crippen LogP contribution in [0.3, 0.4) is 0 Å². The largest absolute Gasteiger partial charge is 0.489 e. The number of aliphatic carboxylic acids is 2. The lowest BCUT2D eigenvalue weighted by atomic mass is 10.1. The van der Waals surface area contributed by atoms with Crippen LogP contribution in [-0.4, -0.2) is 63.0 Å². The Kier molecular flexibility index (Phi) is 14.6. The highest BCUT2D eigenvalue weighted by Gasteiger charge is 2.36. The molecule has 0 bridgehead atoms. The van der Waals surface area contributed by atoms with Crippen LogP contribution < -0.4 is 16.2 Å². The molecule has 0 aromatic heterocycles. The Balaban J connectivity index is 0.000000397. The lowest BCUT2D eigenvalue weighted by Gasteiger charge is -2.20. The smallest absolute Gasteiger partial charge is 0.326 e. The average Bonchev–Trinajstić information content (AvgIpc) is 3.26. The Hall–Kier alpha value is -2.47. The van der Waals surface area contributed by atoms with E-state index in [1.54, 1.807) is 42.5 Å². The minimum absolute atomic E-state index is 0. The van der Waals surface area contributed by atoms with Crippen molar-refractivity contribution in [2.45, 2.75) is 44.4 Å². The molecule has 6 N–H and O–H groups in total. The molecule has 2 atom stereocenters. The molecule has 1 saturated heterocycles. The number of hydrogen-bond donors (Lipinski definition) is 4. The summed E-state index contributed by atoms with van der Waals surface area (Å²) in [6, 6.07) is 10.7. The second kappa shape index (κ2) is 16.5. The molecule has 1 fully saturated rings. The molecule has 1 heterocycles. The average molecular weight is 607 g/mol. The lowest BCUT2D eigenvalue weighted by molar-refractivity contribution is -0.148. The third-order valence-electron chi connectivity index (χ3n) is 5.49. The number of carboxylic acids is 2. The van der Waals surface area contributed by atoms with E-state index in [9.17, 15) is 14.4 Å². The van der Waals surface area contributed by atoms with Gasteiger partial charge in [-0.1, -0.05) is 53.6 Å². The fourth-order valence-corrected chi connectivity index (χ4v) is 4.26. The fraction of sp³-hybridized carbons (Fsp3) is 0.360. The van der Waals surface area contributed by atoms with Gasteiger partial charge in [-0.2, -0.15) is 0 Å². The molecule has 13 heteroatoms. The third kappa shape index (κ3) is 10.4. The van der Waals surface area contributed by atoms with E-state index in [1.165, 1.54) is 4.90 Å². The second-order valence-corrected chi connectivity index (χ2v) is 9.68. The molecule has 0 saturated carbocycles. The predicted molar refractivity (Wildman–Crippen MR) is 152 cm³/mol. The standard InChI is InChI=1S/C16H15Cl2NO3.C9H14N2O3S.ClH/c17-13-2-1-3-14(18)12(13)9-22-11-6-4-10(5-7-11)8-15(19)16(20)21;10-3-1-2-8(12)11-5-6(15)4-7(11)9(13)14;/h1-7,15H,8-9,19H2,(H,20,21);7H,1-5,10H2,(H,13,14);1H/t15-;7-;/m00./s1. The Morgan fingerprint density at radius 3 is 2.24 bits per heavy atom. The number of likely N-dealkylation sites (tertiary alicyclic amines) is 1. The molecule has 0 radical (unpaired) electrons. The van der Waals surface area contributed by atoms with Gasteiger partial charge in [0.15, 0.2) is 0 Å². The Morgan fingerprint density at radius 2 is 1.71 bits per heavy atom.